The van der Waals surface area contributed by atoms with Crippen molar-refractivity contribution in [3.05, 3.63) is 17.7 Å². The summed E-state index contributed by atoms with van der Waals surface area (Å²) < 4.78 is 0. The van der Waals surface area contributed by atoms with E-state index in [1.807, 2.05) is 13.1 Å². The second-order valence-corrected chi connectivity index (χ2v) is 5.34. The third-order valence-corrected chi connectivity index (χ3v) is 3.82. The highest BCUT2D eigenvalue weighted by Gasteiger charge is 2.25. The van der Waals surface area contributed by atoms with E-state index < -0.39 is 0 Å². The normalized spacial score (nSPS) is 20.5. The molecular formula is C13H25N5. The van der Waals surface area contributed by atoms with E-state index in [0.29, 0.717) is 12.6 Å². The SMILES string of the molecule is Cc1ncc(C(CN)N2CCN(C(C)C)CC2)[nH]1. The second-order valence-electron chi connectivity index (χ2n) is 5.34. The average Bonchev–Trinajstić information content (AvgIpc) is 2.77. The monoisotopic (exact) mass is 251 g/mol. The number of aromatic amines is 1. The first-order chi connectivity index (χ1) is 8.61. The molecule has 0 amide bonds. The lowest BCUT2D eigenvalue weighted by Crippen LogP contribution is -2.50. The lowest BCUT2D eigenvalue weighted by Gasteiger charge is -2.40. The number of hydrogen-bond acceptors (Lipinski definition) is 4. The minimum absolute atomic E-state index is 0.278. The van der Waals surface area contributed by atoms with Crippen molar-refractivity contribution in [3.63, 3.8) is 0 Å². The second kappa shape index (κ2) is 5.82. The molecule has 0 aromatic carbocycles. The molecule has 1 aromatic heterocycles. The van der Waals surface area contributed by atoms with Crippen molar-refractivity contribution < 1.29 is 0 Å². The number of hydrogen-bond donors (Lipinski definition) is 2. The Morgan fingerprint density at radius 2 is 1.89 bits per heavy atom. The Morgan fingerprint density at radius 3 is 2.33 bits per heavy atom. The lowest BCUT2D eigenvalue weighted by molar-refractivity contribution is 0.0790. The van der Waals surface area contributed by atoms with Gasteiger partial charge in [-0.3, -0.25) is 9.80 Å². The van der Waals surface area contributed by atoms with Gasteiger partial charge in [-0.1, -0.05) is 0 Å². The molecule has 1 unspecified atom stereocenters. The Hall–Kier alpha value is -0.910. The smallest absolute Gasteiger partial charge is 0.103 e. The summed E-state index contributed by atoms with van der Waals surface area (Å²) in [5.41, 5.74) is 7.08. The minimum Gasteiger partial charge on any atom is -0.345 e. The largest absolute Gasteiger partial charge is 0.345 e. The number of aryl methyl sites for hydroxylation is 1. The molecule has 1 saturated heterocycles. The number of piperazine rings is 1. The summed E-state index contributed by atoms with van der Waals surface area (Å²) in [7, 11) is 0. The van der Waals surface area contributed by atoms with E-state index in [9.17, 15) is 0 Å². The molecule has 5 nitrogen and oxygen atoms in total. The number of imidazole rings is 1. The van der Waals surface area contributed by atoms with Crippen LogP contribution >= 0.6 is 0 Å². The molecule has 1 aromatic rings. The first-order valence-electron chi connectivity index (χ1n) is 6.81. The van der Waals surface area contributed by atoms with Gasteiger partial charge in [0.15, 0.2) is 0 Å². The van der Waals surface area contributed by atoms with Gasteiger partial charge in [0, 0.05) is 45.0 Å². The van der Waals surface area contributed by atoms with Gasteiger partial charge in [-0.05, 0) is 20.8 Å². The number of nitrogens with zero attached hydrogens (tertiary/aromatic N) is 3. The standard InChI is InChI=1S/C13H25N5/c1-10(2)17-4-6-18(7-5-17)13(8-14)12-9-15-11(3)16-12/h9-10,13H,4-8,14H2,1-3H3,(H,15,16). The third-order valence-electron chi connectivity index (χ3n) is 3.82. The van der Waals surface area contributed by atoms with Crippen molar-refractivity contribution in [1.29, 1.82) is 0 Å². The van der Waals surface area contributed by atoms with Crippen molar-refractivity contribution in [2.45, 2.75) is 32.9 Å². The highest BCUT2D eigenvalue weighted by Crippen LogP contribution is 2.20. The first kappa shape index (κ1) is 13.5. The van der Waals surface area contributed by atoms with Crippen molar-refractivity contribution in [2.75, 3.05) is 32.7 Å². The minimum atomic E-state index is 0.278. The summed E-state index contributed by atoms with van der Waals surface area (Å²) >= 11 is 0. The van der Waals surface area contributed by atoms with Crippen molar-refractivity contribution in [1.82, 2.24) is 19.8 Å². The van der Waals surface area contributed by atoms with E-state index >= 15 is 0 Å². The van der Waals surface area contributed by atoms with Crippen LogP contribution in [0.1, 0.15) is 31.4 Å². The molecule has 1 aliphatic heterocycles. The Balaban J connectivity index is 1.98. The van der Waals surface area contributed by atoms with Gasteiger partial charge in [0.25, 0.3) is 0 Å². The Kier molecular flexibility index (Phi) is 4.37. The van der Waals surface area contributed by atoms with Crippen LogP contribution < -0.4 is 5.73 Å². The van der Waals surface area contributed by atoms with Crippen LogP contribution in [0.15, 0.2) is 6.20 Å². The number of aromatic nitrogens is 2. The fraction of sp³-hybridized carbons (Fsp3) is 0.769. The summed E-state index contributed by atoms with van der Waals surface area (Å²) in [6.07, 6.45) is 1.92. The number of H-pyrrole nitrogens is 1. The summed E-state index contributed by atoms with van der Waals surface area (Å²) in [6.45, 7) is 11.6. The van der Waals surface area contributed by atoms with Crippen LogP contribution in [-0.2, 0) is 0 Å². The van der Waals surface area contributed by atoms with E-state index in [1.54, 1.807) is 0 Å². The molecule has 0 bridgehead atoms. The van der Waals surface area contributed by atoms with Gasteiger partial charge in [0.1, 0.15) is 5.82 Å². The molecule has 1 aliphatic rings. The molecule has 1 atom stereocenters. The molecule has 18 heavy (non-hydrogen) atoms. The fourth-order valence-electron chi connectivity index (χ4n) is 2.65. The maximum Gasteiger partial charge on any atom is 0.103 e. The molecule has 0 aliphatic carbocycles. The Labute approximate surface area is 109 Å². The predicted molar refractivity (Wildman–Crippen MR) is 73.4 cm³/mol. The van der Waals surface area contributed by atoms with E-state index in [2.05, 4.69) is 33.6 Å². The number of rotatable bonds is 4. The molecular weight excluding hydrogens is 226 g/mol. The summed E-state index contributed by atoms with van der Waals surface area (Å²) in [5.74, 6) is 0.962. The molecule has 102 valence electrons. The summed E-state index contributed by atoms with van der Waals surface area (Å²) in [6, 6.07) is 0.915. The van der Waals surface area contributed by atoms with Crippen LogP contribution in [0.3, 0.4) is 0 Å². The van der Waals surface area contributed by atoms with Crippen LogP contribution in [-0.4, -0.2) is 58.5 Å². The average molecular weight is 251 g/mol. The van der Waals surface area contributed by atoms with Crippen molar-refractivity contribution in [3.8, 4) is 0 Å². The van der Waals surface area contributed by atoms with Crippen molar-refractivity contribution >= 4 is 0 Å². The van der Waals surface area contributed by atoms with Crippen LogP contribution in [0.4, 0.5) is 0 Å². The third kappa shape index (κ3) is 2.91. The van der Waals surface area contributed by atoms with Crippen LogP contribution in [0, 0.1) is 6.92 Å². The van der Waals surface area contributed by atoms with Gasteiger partial charge >= 0.3 is 0 Å². The van der Waals surface area contributed by atoms with Gasteiger partial charge in [-0.2, -0.15) is 0 Å². The van der Waals surface area contributed by atoms with Crippen LogP contribution in [0.25, 0.3) is 0 Å². The zero-order valence-electron chi connectivity index (χ0n) is 11.7. The van der Waals surface area contributed by atoms with E-state index in [4.69, 9.17) is 5.73 Å². The molecule has 2 rings (SSSR count). The molecule has 2 heterocycles. The zero-order valence-corrected chi connectivity index (χ0v) is 11.7. The number of nitrogens with two attached hydrogens (primary N) is 1. The van der Waals surface area contributed by atoms with Gasteiger partial charge in [-0.25, -0.2) is 4.98 Å². The zero-order chi connectivity index (χ0) is 13.1. The van der Waals surface area contributed by atoms with Gasteiger partial charge in [-0.15, -0.1) is 0 Å². The quantitative estimate of drug-likeness (QED) is 0.829. The van der Waals surface area contributed by atoms with E-state index in [1.165, 1.54) is 0 Å². The molecule has 5 heteroatoms. The first-order valence-corrected chi connectivity index (χ1v) is 6.81. The predicted octanol–water partition coefficient (Wildman–Crippen LogP) is 0.744. The Morgan fingerprint density at radius 1 is 1.28 bits per heavy atom. The highest BCUT2D eigenvalue weighted by atomic mass is 15.3. The van der Waals surface area contributed by atoms with Crippen LogP contribution in [0.2, 0.25) is 0 Å². The molecule has 0 saturated carbocycles. The molecule has 0 spiro atoms. The number of nitrogens with one attached hydrogen (secondary N) is 1. The van der Waals surface area contributed by atoms with E-state index in [-0.39, 0.29) is 6.04 Å². The van der Waals surface area contributed by atoms with Gasteiger partial charge in [0.05, 0.1) is 11.7 Å². The Bertz CT molecular complexity index is 365. The summed E-state index contributed by atoms with van der Waals surface area (Å²) in [5, 5.41) is 0. The van der Waals surface area contributed by atoms with Gasteiger partial charge in [0.2, 0.25) is 0 Å². The molecule has 1 fully saturated rings. The molecule has 3 N–H and O–H groups in total. The topological polar surface area (TPSA) is 61.2 Å². The summed E-state index contributed by atoms with van der Waals surface area (Å²) in [4.78, 5) is 12.6. The van der Waals surface area contributed by atoms with E-state index in [0.717, 1.165) is 37.7 Å². The van der Waals surface area contributed by atoms with Gasteiger partial charge < -0.3 is 10.7 Å². The molecule has 0 radical (unpaired) electrons. The lowest BCUT2D eigenvalue weighted by atomic mass is 10.1. The highest BCUT2D eigenvalue weighted by molar-refractivity contribution is 5.07. The van der Waals surface area contributed by atoms with Crippen molar-refractivity contribution in [2.24, 2.45) is 5.73 Å². The van der Waals surface area contributed by atoms with Crippen LogP contribution in [0.5, 0.6) is 0 Å². The maximum atomic E-state index is 5.94. The maximum absolute atomic E-state index is 5.94. The fourth-order valence-corrected chi connectivity index (χ4v) is 2.65.